The Morgan fingerprint density at radius 3 is 2.80 bits per heavy atom. The van der Waals surface area contributed by atoms with Crippen LogP contribution in [0.15, 0.2) is 0 Å². The van der Waals surface area contributed by atoms with E-state index in [1.54, 1.807) is 4.90 Å². The summed E-state index contributed by atoms with van der Waals surface area (Å²) in [5.74, 6) is -0.492. The molecule has 0 aromatic carbocycles. The molecule has 20 heavy (non-hydrogen) atoms. The fraction of sp³-hybridized carbons (Fsp3) is 0.857. The van der Waals surface area contributed by atoms with E-state index in [1.165, 1.54) is 0 Å². The van der Waals surface area contributed by atoms with Crippen molar-refractivity contribution in [3.05, 3.63) is 0 Å². The molecule has 6 heteroatoms. The summed E-state index contributed by atoms with van der Waals surface area (Å²) in [4.78, 5) is 25.0. The van der Waals surface area contributed by atoms with Crippen molar-refractivity contribution in [1.29, 1.82) is 0 Å². The van der Waals surface area contributed by atoms with Gasteiger partial charge in [-0.05, 0) is 38.8 Å². The van der Waals surface area contributed by atoms with E-state index in [1.807, 2.05) is 14.0 Å². The molecule has 1 aliphatic rings. The maximum absolute atomic E-state index is 12.2. The molecule has 0 aromatic rings. The maximum atomic E-state index is 12.2. The van der Waals surface area contributed by atoms with Crippen molar-refractivity contribution in [2.75, 3.05) is 26.7 Å². The number of urea groups is 1. The molecule has 1 unspecified atom stereocenters. The van der Waals surface area contributed by atoms with Crippen molar-refractivity contribution in [3.8, 4) is 0 Å². The third kappa shape index (κ3) is 5.36. The van der Waals surface area contributed by atoms with Gasteiger partial charge in [-0.25, -0.2) is 9.59 Å². The molecule has 1 rings (SSSR count). The fourth-order valence-corrected chi connectivity index (χ4v) is 2.61. The number of hydrogen-bond donors (Lipinski definition) is 3. The van der Waals surface area contributed by atoms with Gasteiger partial charge in [0, 0.05) is 13.1 Å². The van der Waals surface area contributed by atoms with Gasteiger partial charge in [-0.2, -0.15) is 0 Å². The van der Waals surface area contributed by atoms with Gasteiger partial charge in [-0.15, -0.1) is 0 Å². The molecular formula is C14H27N3O3. The third-order valence-corrected chi connectivity index (χ3v) is 3.74. The lowest BCUT2D eigenvalue weighted by Crippen LogP contribution is -2.51. The number of carboxylic acid groups (broad SMARTS) is 1. The number of rotatable bonds is 7. The topological polar surface area (TPSA) is 81.7 Å². The average molecular weight is 285 g/mol. The molecule has 1 aliphatic heterocycles. The highest BCUT2D eigenvalue weighted by molar-refractivity contribution is 5.82. The second-order valence-electron chi connectivity index (χ2n) is 5.49. The SMILES string of the molecule is CCCC[C@H](NC(=O)N1CCCC(CNC)C1)C(=O)O. The standard InChI is InChI=1S/C14H27N3O3/c1-3-4-7-12(13(18)19)16-14(20)17-8-5-6-11(10-17)9-15-2/h11-12,15H,3-10H2,1-2H3,(H,16,20)(H,18,19)/t11?,12-/m0/s1. The molecule has 1 saturated heterocycles. The predicted molar refractivity (Wildman–Crippen MR) is 77.7 cm³/mol. The highest BCUT2D eigenvalue weighted by Crippen LogP contribution is 2.16. The van der Waals surface area contributed by atoms with Crippen LogP contribution in [0.2, 0.25) is 0 Å². The first-order valence-electron chi connectivity index (χ1n) is 7.51. The molecule has 1 heterocycles. The smallest absolute Gasteiger partial charge is 0.326 e. The number of hydrogen-bond acceptors (Lipinski definition) is 3. The lowest BCUT2D eigenvalue weighted by Gasteiger charge is -2.33. The number of carbonyl (C=O) groups is 2. The normalized spacial score (nSPS) is 20.5. The van der Waals surface area contributed by atoms with Gasteiger partial charge in [-0.1, -0.05) is 19.8 Å². The zero-order chi connectivity index (χ0) is 15.0. The number of aliphatic carboxylic acids is 1. The molecule has 2 amide bonds. The average Bonchev–Trinajstić information content (AvgIpc) is 2.43. The second-order valence-corrected chi connectivity index (χ2v) is 5.49. The molecule has 0 aromatic heterocycles. The molecule has 0 spiro atoms. The molecule has 0 saturated carbocycles. The van der Waals surface area contributed by atoms with Gasteiger partial charge in [0.15, 0.2) is 0 Å². The number of unbranched alkanes of at least 4 members (excludes halogenated alkanes) is 1. The zero-order valence-electron chi connectivity index (χ0n) is 12.5. The van der Waals surface area contributed by atoms with Crippen LogP contribution >= 0.6 is 0 Å². The van der Waals surface area contributed by atoms with Gasteiger partial charge in [0.05, 0.1) is 0 Å². The minimum atomic E-state index is -0.949. The van der Waals surface area contributed by atoms with Crippen molar-refractivity contribution in [2.45, 2.75) is 45.1 Å². The molecule has 3 N–H and O–H groups in total. The summed E-state index contributed by atoms with van der Waals surface area (Å²) in [5, 5.41) is 14.9. The van der Waals surface area contributed by atoms with Crippen LogP contribution in [0.25, 0.3) is 0 Å². The Balaban J connectivity index is 2.48. The van der Waals surface area contributed by atoms with Crippen LogP contribution in [-0.2, 0) is 4.79 Å². The van der Waals surface area contributed by atoms with E-state index in [0.29, 0.717) is 25.4 Å². The van der Waals surface area contributed by atoms with Gasteiger partial charge in [-0.3, -0.25) is 0 Å². The molecular weight excluding hydrogens is 258 g/mol. The van der Waals surface area contributed by atoms with Crippen molar-refractivity contribution < 1.29 is 14.7 Å². The van der Waals surface area contributed by atoms with Crippen molar-refractivity contribution >= 4 is 12.0 Å². The second kappa shape index (κ2) is 8.79. The summed E-state index contributed by atoms with van der Waals surface area (Å²) in [5.41, 5.74) is 0. The molecule has 1 fully saturated rings. The van der Waals surface area contributed by atoms with Crippen LogP contribution in [0.3, 0.4) is 0 Å². The van der Waals surface area contributed by atoms with Gasteiger partial charge < -0.3 is 20.6 Å². The number of likely N-dealkylation sites (tertiary alicyclic amines) is 1. The number of nitrogens with zero attached hydrogens (tertiary/aromatic N) is 1. The Kier molecular flexibility index (Phi) is 7.36. The van der Waals surface area contributed by atoms with Crippen LogP contribution in [-0.4, -0.2) is 54.7 Å². The quantitative estimate of drug-likeness (QED) is 0.658. The van der Waals surface area contributed by atoms with Crippen LogP contribution in [0.1, 0.15) is 39.0 Å². The number of carbonyl (C=O) groups excluding carboxylic acids is 1. The lowest BCUT2D eigenvalue weighted by atomic mass is 9.98. The van der Waals surface area contributed by atoms with Crippen molar-refractivity contribution in [2.24, 2.45) is 5.92 Å². The molecule has 0 radical (unpaired) electrons. The maximum Gasteiger partial charge on any atom is 0.326 e. The van der Waals surface area contributed by atoms with E-state index in [2.05, 4.69) is 10.6 Å². The lowest BCUT2D eigenvalue weighted by molar-refractivity contribution is -0.139. The van der Waals surface area contributed by atoms with Crippen LogP contribution in [0, 0.1) is 5.92 Å². The Morgan fingerprint density at radius 1 is 1.45 bits per heavy atom. The van der Waals surface area contributed by atoms with Gasteiger partial charge >= 0.3 is 12.0 Å². The number of nitrogens with one attached hydrogen (secondary N) is 2. The van der Waals surface area contributed by atoms with E-state index in [0.717, 1.165) is 32.2 Å². The molecule has 2 atom stereocenters. The Hall–Kier alpha value is -1.30. The Bertz CT molecular complexity index is 321. The van der Waals surface area contributed by atoms with E-state index < -0.39 is 12.0 Å². The molecule has 6 nitrogen and oxygen atoms in total. The summed E-state index contributed by atoms with van der Waals surface area (Å²) >= 11 is 0. The highest BCUT2D eigenvalue weighted by atomic mass is 16.4. The molecule has 0 aliphatic carbocycles. The summed E-state index contributed by atoms with van der Waals surface area (Å²) in [6.07, 6.45) is 4.31. The highest BCUT2D eigenvalue weighted by Gasteiger charge is 2.26. The van der Waals surface area contributed by atoms with Gasteiger partial charge in [0.1, 0.15) is 6.04 Å². The summed E-state index contributed by atoms with van der Waals surface area (Å²) in [6.45, 7) is 4.31. The zero-order valence-corrected chi connectivity index (χ0v) is 12.5. The first-order valence-corrected chi connectivity index (χ1v) is 7.51. The summed E-state index contributed by atoms with van der Waals surface area (Å²) in [7, 11) is 1.91. The first-order chi connectivity index (χ1) is 9.58. The van der Waals surface area contributed by atoms with Crippen LogP contribution in [0.4, 0.5) is 4.79 Å². The third-order valence-electron chi connectivity index (χ3n) is 3.74. The number of amides is 2. The fourth-order valence-electron chi connectivity index (χ4n) is 2.61. The minimum absolute atomic E-state index is 0.241. The van der Waals surface area contributed by atoms with Crippen LogP contribution in [0.5, 0.6) is 0 Å². The van der Waals surface area contributed by atoms with E-state index >= 15 is 0 Å². The Labute approximate surface area is 120 Å². The minimum Gasteiger partial charge on any atom is -0.480 e. The number of carboxylic acids is 1. The van der Waals surface area contributed by atoms with E-state index in [9.17, 15) is 9.59 Å². The summed E-state index contributed by atoms with van der Waals surface area (Å²) in [6, 6.07) is -1.01. The van der Waals surface area contributed by atoms with Crippen molar-refractivity contribution in [1.82, 2.24) is 15.5 Å². The van der Waals surface area contributed by atoms with E-state index in [-0.39, 0.29) is 6.03 Å². The van der Waals surface area contributed by atoms with Crippen molar-refractivity contribution in [3.63, 3.8) is 0 Å². The van der Waals surface area contributed by atoms with Gasteiger partial charge in [0.2, 0.25) is 0 Å². The summed E-state index contributed by atoms with van der Waals surface area (Å²) < 4.78 is 0. The van der Waals surface area contributed by atoms with Crippen LogP contribution < -0.4 is 10.6 Å². The predicted octanol–water partition coefficient (Wildman–Crippen LogP) is 1.27. The Morgan fingerprint density at radius 2 is 2.20 bits per heavy atom. The largest absolute Gasteiger partial charge is 0.480 e. The molecule has 0 bridgehead atoms. The number of piperidine rings is 1. The first kappa shape index (κ1) is 16.8. The van der Waals surface area contributed by atoms with E-state index in [4.69, 9.17) is 5.11 Å². The monoisotopic (exact) mass is 285 g/mol. The molecule has 116 valence electrons. The van der Waals surface area contributed by atoms with Gasteiger partial charge in [0.25, 0.3) is 0 Å².